The van der Waals surface area contributed by atoms with E-state index in [2.05, 4.69) is 15.6 Å². The zero-order valence-electron chi connectivity index (χ0n) is 22.7. The van der Waals surface area contributed by atoms with Gasteiger partial charge in [0.1, 0.15) is 11.2 Å². The van der Waals surface area contributed by atoms with Crippen molar-refractivity contribution in [2.45, 2.75) is 65.5 Å². The number of amides is 2. The van der Waals surface area contributed by atoms with E-state index < -0.39 is 35.1 Å². The van der Waals surface area contributed by atoms with Crippen molar-refractivity contribution >= 4 is 28.9 Å². The van der Waals surface area contributed by atoms with Crippen molar-refractivity contribution in [3.63, 3.8) is 0 Å². The van der Waals surface area contributed by atoms with Crippen LogP contribution in [0.3, 0.4) is 0 Å². The number of halogens is 3. The monoisotopic (exact) mass is 543 g/mol. The molecule has 0 aliphatic carbocycles. The molecule has 7 nitrogen and oxygen atoms in total. The second-order valence-electron chi connectivity index (χ2n) is 10.8. The van der Waals surface area contributed by atoms with Gasteiger partial charge in [-0.2, -0.15) is 13.2 Å². The van der Waals surface area contributed by atoms with E-state index in [-0.39, 0.29) is 12.5 Å². The zero-order valence-corrected chi connectivity index (χ0v) is 22.7. The largest absolute Gasteiger partial charge is 0.444 e. The summed E-state index contributed by atoms with van der Waals surface area (Å²) in [6, 6.07) is 16.0. The van der Waals surface area contributed by atoms with E-state index >= 15 is 0 Å². The highest BCUT2D eigenvalue weighted by atomic mass is 19.4. The molecule has 0 spiro atoms. The van der Waals surface area contributed by atoms with Crippen LogP contribution in [0.5, 0.6) is 0 Å². The lowest BCUT2D eigenvalue weighted by molar-refractivity contribution is -0.137. The van der Waals surface area contributed by atoms with Crippen LogP contribution in [0.4, 0.5) is 22.8 Å². The Morgan fingerprint density at radius 2 is 1.26 bits per heavy atom. The predicted molar refractivity (Wildman–Crippen MR) is 144 cm³/mol. The average Bonchev–Trinajstić information content (AvgIpc) is 2.79. The van der Waals surface area contributed by atoms with Crippen LogP contribution in [0.25, 0.3) is 21.9 Å². The molecule has 208 valence electrons. The van der Waals surface area contributed by atoms with Crippen LogP contribution in [0.2, 0.25) is 0 Å². The molecule has 0 heterocycles. The number of guanidine groups is 1. The smallest absolute Gasteiger partial charge is 0.416 e. The van der Waals surface area contributed by atoms with Crippen molar-refractivity contribution in [1.82, 2.24) is 10.6 Å². The summed E-state index contributed by atoms with van der Waals surface area (Å²) in [5.41, 5.74) is -0.115. The number of alkyl carbamates (subject to hydrolysis) is 2. The number of aliphatic imine (C=N–C) groups is 1. The first-order valence-corrected chi connectivity index (χ1v) is 12.2. The highest BCUT2D eigenvalue weighted by Gasteiger charge is 2.30. The van der Waals surface area contributed by atoms with Crippen molar-refractivity contribution in [3.05, 3.63) is 71.8 Å². The predicted octanol–water partition coefficient (Wildman–Crippen LogP) is 7.43. The standard InChI is InChI=1S/C29H32F3N3O4/c1-27(2,3)38-25(36)34-24(35-26(37)39-28(4,5)6)33-17-19-9-7-12-23-21(10-8-11-22(19)23)18-13-15-20(16-14-18)29(30,31)32/h7-16H,17H2,1-6H3,(H2,33,34,35,36,37). The Labute approximate surface area is 225 Å². The molecule has 0 bridgehead atoms. The van der Waals surface area contributed by atoms with Gasteiger partial charge in [-0.3, -0.25) is 10.6 Å². The third-order valence-electron chi connectivity index (χ3n) is 5.18. The second-order valence-corrected chi connectivity index (χ2v) is 10.8. The van der Waals surface area contributed by atoms with Crippen LogP contribution < -0.4 is 10.6 Å². The highest BCUT2D eigenvalue weighted by molar-refractivity contribution is 6.02. The minimum absolute atomic E-state index is 0.0642. The summed E-state index contributed by atoms with van der Waals surface area (Å²) < 4.78 is 49.6. The van der Waals surface area contributed by atoms with Gasteiger partial charge in [0.2, 0.25) is 5.96 Å². The van der Waals surface area contributed by atoms with Gasteiger partial charge in [0.15, 0.2) is 0 Å². The van der Waals surface area contributed by atoms with E-state index in [0.29, 0.717) is 5.56 Å². The molecule has 10 heteroatoms. The quantitative estimate of drug-likeness (QED) is 0.266. The summed E-state index contributed by atoms with van der Waals surface area (Å²) in [5, 5.41) is 6.52. The lowest BCUT2D eigenvalue weighted by atomic mass is 9.95. The summed E-state index contributed by atoms with van der Waals surface area (Å²) in [6.45, 7) is 10.3. The van der Waals surface area contributed by atoms with Gasteiger partial charge in [0.05, 0.1) is 12.1 Å². The lowest BCUT2D eigenvalue weighted by Gasteiger charge is -2.22. The third kappa shape index (κ3) is 8.73. The van der Waals surface area contributed by atoms with E-state index in [1.165, 1.54) is 12.1 Å². The second kappa shape index (κ2) is 11.3. The van der Waals surface area contributed by atoms with Crippen molar-refractivity contribution < 1.29 is 32.2 Å². The molecular formula is C29H32F3N3O4. The van der Waals surface area contributed by atoms with Crippen molar-refractivity contribution in [2.24, 2.45) is 4.99 Å². The first kappa shape index (κ1) is 29.5. The number of nitrogens with zero attached hydrogens (tertiary/aromatic N) is 1. The molecule has 39 heavy (non-hydrogen) atoms. The summed E-state index contributed by atoms with van der Waals surface area (Å²) in [4.78, 5) is 29.1. The molecule has 0 aliphatic rings. The fraction of sp³-hybridized carbons (Fsp3) is 0.345. The minimum Gasteiger partial charge on any atom is -0.444 e. The molecule has 0 saturated carbocycles. The SMILES string of the molecule is CC(C)(C)OC(=O)NC(=NCc1cccc2c(-c3ccc(C(F)(F)F)cc3)cccc12)NC(=O)OC(C)(C)C. The van der Waals surface area contributed by atoms with Crippen molar-refractivity contribution in [3.8, 4) is 11.1 Å². The van der Waals surface area contributed by atoms with Crippen LogP contribution in [-0.4, -0.2) is 29.3 Å². The van der Waals surface area contributed by atoms with Gasteiger partial charge in [-0.05, 0) is 81.1 Å². The molecule has 2 N–H and O–H groups in total. The number of alkyl halides is 3. The Kier molecular flexibility index (Phi) is 8.58. The van der Waals surface area contributed by atoms with Crippen LogP contribution in [0.1, 0.15) is 52.7 Å². The molecule has 0 fully saturated rings. The van der Waals surface area contributed by atoms with Gasteiger partial charge in [-0.1, -0.05) is 48.5 Å². The number of nitrogens with one attached hydrogen (secondary N) is 2. The van der Waals surface area contributed by atoms with Crippen LogP contribution in [0.15, 0.2) is 65.7 Å². The molecule has 0 atom stereocenters. The van der Waals surface area contributed by atoms with Gasteiger partial charge in [-0.15, -0.1) is 0 Å². The first-order valence-electron chi connectivity index (χ1n) is 12.2. The maximum atomic E-state index is 13.0. The fourth-order valence-corrected chi connectivity index (χ4v) is 3.68. The Morgan fingerprint density at radius 3 is 1.77 bits per heavy atom. The topological polar surface area (TPSA) is 89.0 Å². The maximum Gasteiger partial charge on any atom is 0.416 e. The van der Waals surface area contributed by atoms with Crippen LogP contribution >= 0.6 is 0 Å². The Hall–Kier alpha value is -4.08. The maximum absolute atomic E-state index is 13.0. The number of carbonyl (C=O) groups excluding carboxylic acids is 2. The van der Waals surface area contributed by atoms with E-state index in [9.17, 15) is 22.8 Å². The number of hydrogen-bond acceptors (Lipinski definition) is 5. The van der Waals surface area contributed by atoms with Crippen LogP contribution in [-0.2, 0) is 22.2 Å². The van der Waals surface area contributed by atoms with Gasteiger partial charge in [-0.25, -0.2) is 14.6 Å². The van der Waals surface area contributed by atoms with E-state index in [1.807, 2.05) is 30.3 Å². The molecule has 0 radical (unpaired) electrons. The number of benzene rings is 3. The molecule has 3 aromatic rings. The van der Waals surface area contributed by atoms with E-state index in [1.54, 1.807) is 47.6 Å². The van der Waals surface area contributed by atoms with Gasteiger partial charge >= 0.3 is 18.4 Å². The normalized spacial score (nSPS) is 12.0. The fourth-order valence-electron chi connectivity index (χ4n) is 3.68. The Morgan fingerprint density at radius 1 is 0.744 bits per heavy atom. The number of rotatable bonds is 3. The number of fused-ring (bicyclic) bond motifs is 1. The molecule has 0 unspecified atom stereocenters. The Bertz CT molecular complexity index is 1340. The highest BCUT2D eigenvalue weighted by Crippen LogP contribution is 2.34. The zero-order chi connectivity index (χ0) is 29.0. The summed E-state index contributed by atoms with van der Waals surface area (Å²) in [7, 11) is 0. The summed E-state index contributed by atoms with van der Waals surface area (Å²) in [5.74, 6) is -0.158. The molecule has 3 aromatic carbocycles. The average molecular weight is 544 g/mol. The summed E-state index contributed by atoms with van der Waals surface area (Å²) >= 11 is 0. The lowest BCUT2D eigenvalue weighted by Crippen LogP contribution is -2.47. The van der Waals surface area contributed by atoms with Crippen molar-refractivity contribution in [1.29, 1.82) is 0 Å². The van der Waals surface area contributed by atoms with Gasteiger partial charge < -0.3 is 9.47 Å². The number of ether oxygens (including phenoxy) is 2. The number of carbonyl (C=O) groups is 2. The van der Waals surface area contributed by atoms with E-state index in [0.717, 1.165) is 34.0 Å². The van der Waals surface area contributed by atoms with Crippen LogP contribution in [0, 0.1) is 0 Å². The molecule has 2 amide bonds. The molecule has 0 aromatic heterocycles. The Balaban J connectivity index is 1.93. The molecule has 3 rings (SSSR count). The molecule has 0 aliphatic heterocycles. The van der Waals surface area contributed by atoms with Gasteiger partial charge in [0.25, 0.3) is 0 Å². The number of hydrogen-bond donors (Lipinski definition) is 2. The van der Waals surface area contributed by atoms with E-state index in [4.69, 9.17) is 9.47 Å². The minimum atomic E-state index is -4.42. The van der Waals surface area contributed by atoms with Crippen molar-refractivity contribution in [2.75, 3.05) is 0 Å². The molecular weight excluding hydrogens is 511 g/mol. The summed E-state index contributed by atoms with van der Waals surface area (Å²) in [6.07, 6.45) is -6.03. The first-order chi connectivity index (χ1) is 18.0. The van der Waals surface area contributed by atoms with Gasteiger partial charge in [0, 0.05) is 0 Å². The third-order valence-corrected chi connectivity index (χ3v) is 5.18. The molecule has 0 saturated heterocycles.